The van der Waals surface area contributed by atoms with Gasteiger partial charge < -0.3 is 10.1 Å². The minimum atomic E-state index is 0.361. The van der Waals surface area contributed by atoms with Crippen LogP contribution in [0.2, 0.25) is 0 Å². The number of morpholine rings is 1. The lowest BCUT2D eigenvalue weighted by Crippen LogP contribution is -2.62. The molecule has 2 saturated carbocycles. The third kappa shape index (κ3) is 2.26. The first-order chi connectivity index (χ1) is 8.19. The van der Waals surface area contributed by atoms with Gasteiger partial charge in [0.1, 0.15) is 0 Å². The van der Waals surface area contributed by atoms with E-state index in [2.05, 4.69) is 19.2 Å². The highest BCUT2D eigenvalue weighted by atomic mass is 16.5. The van der Waals surface area contributed by atoms with Crippen LogP contribution in [0, 0.1) is 11.8 Å². The molecule has 1 N–H and O–H groups in total. The van der Waals surface area contributed by atoms with Crippen molar-refractivity contribution in [3.8, 4) is 0 Å². The van der Waals surface area contributed by atoms with Crippen molar-refractivity contribution < 1.29 is 4.74 Å². The second kappa shape index (κ2) is 4.55. The molecule has 2 aliphatic carbocycles. The fraction of sp³-hybridized carbons (Fsp3) is 1.00. The van der Waals surface area contributed by atoms with E-state index in [1.54, 1.807) is 0 Å². The van der Waals surface area contributed by atoms with Gasteiger partial charge in [-0.15, -0.1) is 0 Å². The fourth-order valence-electron chi connectivity index (χ4n) is 4.17. The van der Waals surface area contributed by atoms with Gasteiger partial charge in [-0.2, -0.15) is 0 Å². The van der Waals surface area contributed by atoms with E-state index in [4.69, 9.17) is 4.74 Å². The summed E-state index contributed by atoms with van der Waals surface area (Å²) in [4.78, 5) is 0. The second-order valence-corrected chi connectivity index (χ2v) is 6.90. The monoisotopic (exact) mass is 237 g/mol. The minimum absolute atomic E-state index is 0.361. The first kappa shape index (κ1) is 12.0. The van der Waals surface area contributed by atoms with Crippen molar-refractivity contribution in [2.24, 2.45) is 11.8 Å². The molecule has 1 spiro atoms. The Morgan fingerprint density at radius 3 is 2.65 bits per heavy atom. The van der Waals surface area contributed by atoms with Gasteiger partial charge in [0.05, 0.1) is 12.7 Å². The molecule has 0 radical (unpaired) electrons. The van der Waals surface area contributed by atoms with Crippen molar-refractivity contribution in [3.05, 3.63) is 0 Å². The molecular formula is C15H27NO. The lowest BCUT2D eigenvalue weighted by atomic mass is 9.76. The normalized spacial score (nSPS) is 40.8. The van der Waals surface area contributed by atoms with E-state index >= 15 is 0 Å². The first-order valence-electron chi connectivity index (χ1n) is 7.58. The summed E-state index contributed by atoms with van der Waals surface area (Å²) in [7, 11) is 0. The standard InChI is InChI=1S/C15H27NO/c1-11(2)12-5-6-14-13(9-12)16-15(10-17-14)7-3-4-8-15/h11-14,16H,3-10H2,1-2H3. The predicted molar refractivity (Wildman–Crippen MR) is 70.0 cm³/mol. The molecule has 1 aliphatic heterocycles. The molecule has 0 aromatic rings. The average Bonchev–Trinajstić information content (AvgIpc) is 2.76. The van der Waals surface area contributed by atoms with E-state index in [-0.39, 0.29) is 0 Å². The lowest BCUT2D eigenvalue weighted by molar-refractivity contribution is -0.0869. The summed E-state index contributed by atoms with van der Waals surface area (Å²) in [5.74, 6) is 1.74. The smallest absolute Gasteiger partial charge is 0.0729 e. The van der Waals surface area contributed by atoms with Crippen molar-refractivity contribution >= 4 is 0 Å². The van der Waals surface area contributed by atoms with Crippen molar-refractivity contribution in [1.82, 2.24) is 5.32 Å². The number of fused-ring (bicyclic) bond motifs is 1. The van der Waals surface area contributed by atoms with Crippen LogP contribution in [0.15, 0.2) is 0 Å². The SMILES string of the molecule is CC(C)C1CCC2OCC3(CCCC3)NC2C1. The minimum Gasteiger partial charge on any atom is -0.375 e. The molecule has 0 bridgehead atoms. The molecular weight excluding hydrogens is 210 g/mol. The van der Waals surface area contributed by atoms with Crippen LogP contribution in [0.25, 0.3) is 0 Å². The Labute approximate surface area is 105 Å². The van der Waals surface area contributed by atoms with Crippen LogP contribution in [0.1, 0.15) is 58.8 Å². The molecule has 1 saturated heterocycles. The van der Waals surface area contributed by atoms with Crippen LogP contribution < -0.4 is 5.32 Å². The molecule has 3 aliphatic rings. The molecule has 98 valence electrons. The van der Waals surface area contributed by atoms with Crippen LogP contribution in [-0.2, 0) is 4.74 Å². The van der Waals surface area contributed by atoms with Crippen LogP contribution in [0.5, 0.6) is 0 Å². The Balaban J connectivity index is 1.66. The summed E-state index contributed by atoms with van der Waals surface area (Å²) in [5.41, 5.74) is 0.361. The summed E-state index contributed by atoms with van der Waals surface area (Å²) in [6, 6.07) is 0.642. The highest BCUT2D eigenvalue weighted by Gasteiger charge is 2.44. The van der Waals surface area contributed by atoms with Gasteiger partial charge in [0.25, 0.3) is 0 Å². The zero-order valence-corrected chi connectivity index (χ0v) is 11.4. The highest BCUT2D eigenvalue weighted by Crippen LogP contribution is 2.39. The van der Waals surface area contributed by atoms with E-state index in [9.17, 15) is 0 Å². The molecule has 0 amide bonds. The first-order valence-corrected chi connectivity index (χ1v) is 7.58. The molecule has 0 aromatic carbocycles. The maximum atomic E-state index is 6.19. The van der Waals surface area contributed by atoms with Gasteiger partial charge in [-0.3, -0.25) is 0 Å². The Hall–Kier alpha value is -0.0800. The Morgan fingerprint density at radius 1 is 1.18 bits per heavy atom. The van der Waals surface area contributed by atoms with Crippen LogP contribution >= 0.6 is 0 Å². The number of nitrogens with one attached hydrogen (secondary N) is 1. The third-order valence-corrected chi connectivity index (χ3v) is 5.40. The largest absolute Gasteiger partial charge is 0.375 e. The number of rotatable bonds is 1. The van der Waals surface area contributed by atoms with Crippen molar-refractivity contribution in [3.63, 3.8) is 0 Å². The van der Waals surface area contributed by atoms with E-state index < -0.39 is 0 Å². The molecule has 17 heavy (non-hydrogen) atoms. The lowest BCUT2D eigenvalue weighted by Gasteiger charge is -2.48. The van der Waals surface area contributed by atoms with Gasteiger partial charge in [-0.05, 0) is 43.9 Å². The van der Waals surface area contributed by atoms with Crippen molar-refractivity contribution in [2.75, 3.05) is 6.61 Å². The van der Waals surface area contributed by atoms with Crippen LogP contribution in [0.4, 0.5) is 0 Å². The molecule has 2 nitrogen and oxygen atoms in total. The fourth-order valence-corrected chi connectivity index (χ4v) is 4.17. The predicted octanol–water partition coefficient (Wildman–Crippen LogP) is 3.11. The summed E-state index contributed by atoms with van der Waals surface area (Å²) >= 11 is 0. The molecule has 2 heteroatoms. The third-order valence-electron chi connectivity index (χ3n) is 5.40. The summed E-state index contributed by atoms with van der Waals surface area (Å²) < 4.78 is 6.19. The zero-order valence-electron chi connectivity index (χ0n) is 11.4. The Morgan fingerprint density at radius 2 is 1.94 bits per heavy atom. The van der Waals surface area contributed by atoms with Crippen molar-refractivity contribution in [2.45, 2.75) is 76.5 Å². The Bertz CT molecular complexity index is 270. The number of ether oxygens (including phenoxy) is 1. The zero-order chi connectivity index (χ0) is 11.9. The van der Waals surface area contributed by atoms with E-state index in [0.717, 1.165) is 18.4 Å². The van der Waals surface area contributed by atoms with Crippen molar-refractivity contribution in [1.29, 1.82) is 0 Å². The summed E-state index contributed by atoms with van der Waals surface area (Å²) in [6.45, 7) is 5.72. The van der Waals surface area contributed by atoms with Gasteiger partial charge in [-0.1, -0.05) is 26.7 Å². The maximum absolute atomic E-state index is 6.19. The number of hydrogen-bond donors (Lipinski definition) is 1. The van der Waals surface area contributed by atoms with Gasteiger partial charge in [-0.25, -0.2) is 0 Å². The molecule has 3 unspecified atom stereocenters. The van der Waals surface area contributed by atoms with E-state index in [0.29, 0.717) is 17.7 Å². The maximum Gasteiger partial charge on any atom is 0.0729 e. The average molecular weight is 237 g/mol. The van der Waals surface area contributed by atoms with Gasteiger partial charge in [0, 0.05) is 11.6 Å². The van der Waals surface area contributed by atoms with E-state index in [1.807, 2.05) is 0 Å². The number of hydrogen-bond acceptors (Lipinski definition) is 2. The molecule has 3 atom stereocenters. The quantitative estimate of drug-likeness (QED) is 0.756. The van der Waals surface area contributed by atoms with Gasteiger partial charge >= 0.3 is 0 Å². The second-order valence-electron chi connectivity index (χ2n) is 6.90. The van der Waals surface area contributed by atoms with Crippen LogP contribution in [-0.4, -0.2) is 24.3 Å². The Kier molecular flexibility index (Phi) is 3.20. The highest BCUT2D eigenvalue weighted by molar-refractivity contribution is 5.02. The summed E-state index contributed by atoms with van der Waals surface area (Å²) in [6.07, 6.45) is 9.94. The van der Waals surface area contributed by atoms with Gasteiger partial charge in [0.15, 0.2) is 0 Å². The van der Waals surface area contributed by atoms with Gasteiger partial charge in [0.2, 0.25) is 0 Å². The molecule has 1 heterocycles. The molecule has 3 fully saturated rings. The van der Waals surface area contributed by atoms with E-state index in [1.165, 1.54) is 44.9 Å². The van der Waals surface area contributed by atoms with Crippen LogP contribution in [0.3, 0.4) is 0 Å². The molecule has 0 aromatic heterocycles. The topological polar surface area (TPSA) is 21.3 Å². The summed E-state index contributed by atoms with van der Waals surface area (Å²) in [5, 5.41) is 3.99. The molecule has 3 rings (SSSR count).